The molecular weight excluding hydrogens is 326 g/mol. The molecule has 1 aliphatic heterocycles. The number of nitrogens with zero attached hydrogens (tertiary/aromatic N) is 1. The van der Waals surface area contributed by atoms with Crippen LogP contribution in [0.4, 0.5) is 0 Å². The lowest BCUT2D eigenvalue weighted by Gasteiger charge is -2.21. The Morgan fingerprint density at radius 3 is 2.33 bits per heavy atom. The van der Waals surface area contributed by atoms with Gasteiger partial charge in [0.05, 0.1) is 4.90 Å². The highest BCUT2D eigenvalue weighted by Gasteiger charge is 2.23. The van der Waals surface area contributed by atoms with Gasteiger partial charge in [0.2, 0.25) is 10.0 Å². The van der Waals surface area contributed by atoms with E-state index in [1.165, 1.54) is 16.4 Å². The van der Waals surface area contributed by atoms with Crippen LogP contribution >= 0.6 is 0 Å². The van der Waals surface area contributed by atoms with Crippen LogP contribution in [0.2, 0.25) is 0 Å². The number of sulfonamides is 1. The van der Waals surface area contributed by atoms with Crippen LogP contribution in [0.1, 0.15) is 43.5 Å². The molecule has 1 amide bonds. The number of carbonyl (C=O) groups is 1. The Morgan fingerprint density at radius 2 is 1.83 bits per heavy atom. The predicted molar refractivity (Wildman–Crippen MR) is 94.5 cm³/mol. The van der Waals surface area contributed by atoms with Crippen molar-refractivity contribution in [2.24, 2.45) is 0 Å². The van der Waals surface area contributed by atoms with Gasteiger partial charge < -0.3 is 10.6 Å². The van der Waals surface area contributed by atoms with Gasteiger partial charge in [-0.25, -0.2) is 8.42 Å². The maximum atomic E-state index is 12.7. The lowest BCUT2D eigenvalue weighted by molar-refractivity contribution is 0.0940. The van der Waals surface area contributed by atoms with Crippen LogP contribution in [0, 0.1) is 0 Å². The summed E-state index contributed by atoms with van der Waals surface area (Å²) in [5.41, 5.74) is 0.485. The quantitative estimate of drug-likeness (QED) is 0.744. The van der Waals surface area contributed by atoms with Gasteiger partial charge in [-0.05, 0) is 50.1 Å². The Balaban J connectivity index is 2.10. The van der Waals surface area contributed by atoms with E-state index in [9.17, 15) is 13.2 Å². The molecule has 0 bridgehead atoms. The molecule has 1 unspecified atom stereocenters. The van der Waals surface area contributed by atoms with Crippen LogP contribution in [0.25, 0.3) is 0 Å². The van der Waals surface area contributed by atoms with E-state index in [1.807, 2.05) is 13.8 Å². The zero-order chi connectivity index (χ0) is 17.6. The summed E-state index contributed by atoms with van der Waals surface area (Å²) in [4.78, 5) is 12.4. The second-order valence-electron chi connectivity index (χ2n) is 6.09. The van der Waals surface area contributed by atoms with Crippen molar-refractivity contribution in [2.75, 3.05) is 26.2 Å². The lowest BCUT2D eigenvalue weighted by Crippen LogP contribution is -2.36. The molecular formula is C17H27N3O3S. The summed E-state index contributed by atoms with van der Waals surface area (Å²) in [5.74, 6) is -0.161. The van der Waals surface area contributed by atoms with Crippen LogP contribution in [0.5, 0.6) is 0 Å². The third-order valence-electron chi connectivity index (χ3n) is 4.10. The summed E-state index contributed by atoms with van der Waals surface area (Å²) >= 11 is 0. The number of amides is 1. The molecule has 134 valence electrons. The summed E-state index contributed by atoms with van der Waals surface area (Å²) in [6.45, 7) is 6.63. The van der Waals surface area contributed by atoms with E-state index >= 15 is 0 Å². The number of hydrogen-bond acceptors (Lipinski definition) is 4. The monoisotopic (exact) mass is 353 g/mol. The average Bonchev–Trinajstić information content (AvgIpc) is 3.07. The second-order valence-corrected chi connectivity index (χ2v) is 8.03. The minimum absolute atomic E-state index is 0.144. The van der Waals surface area contributed by atoms with Crippen LogP contribution in [-0.2, 0) is 10.0 Å². The van der Waals surface area contributed by atoms with Gasteiger partial charge in [-0.1, -0.05) is 13.8 Å². The fourth-order valence-corrected chi connectivity index (χ4v) is 4.45. The zero-order valence-electron chi connectivity index (χ0n) is 14.4. The molecule has 2 N–H and O–H groups in total. The molecule has 1 aromatic rings. The fourth-order valence-electron chi connectivity index (χ4n) is 2.82. The van der Waals surface area contributed by atoms with Crippen molar-refractivity contribution in [1.82, 2.24) is 14.9 Å². The highest BCUT2D eigenvalue weighted by molar-refractivity contribution is 7.89. The van der Waals surface area contributed by atoms with Crippen molar-refractivity contribution >= 4 is 15.9 Å². The van der Waals surface area contributed by atoms with Crippen molar-refractivity contribution < 1.29 is 13.2 Å². The van der Waals surface area contributed by atoms with Gasteiger partial charge in [0.1, 0.15) is 0 Å². The molecule has 1 aliphatic rings. The van der Waals surface area contributed by atoms with Gasteiger partial charge in [0.15, 0.2) is 0 Å². The molecule has 0 radical (unpaired) electrons. The fraction of sp³-hybridized carbons (Fsp3) is 0.588. The minimum Gasteiger partial charge on any atom is -0.348 e. The lowest BCUT2D eigenvalue weighted by atomic mass is 10.2. The van der Waals surface area contributed by atoms with Crippen LogP contribution < -0.4 is 10.6 Å². The zero-order valence-corrected chi connectivity index (χ0v) is 15.2. The number of nitrogens with one attached hydrogen (secondary N) is 2. The molecule has 7 heteroatoms. The summed E-state index contributed by atoms with van der Waals surface area (Å²) < 4.78 is 26.9. The van der Waals surface area contributed by atoms with E-state index in [0.29, 0.717) is 18.7 Å². The highest BCUT2D eigenvalue weighted by atomic mass is 32.2. The van der Waals surface area contributed by atoms with Gasteiger partial charge in [-0.3, -0.25) is 4.79 Å². The molecule has 0 spiro atoms. The summed E-state index contributed by atoms with van der Waals surface area (Å²) in [6.07, 6.45) is 2.46. The number of rotatable bonds is 8. The van der Waals surface area contributed by atoms with Crippen LogP contribution in [0.15, 0.2) is 29.2 Å². The third-order valence-corrected chi connectivity index (χ3v) is 6.01. The molecule has 1 heterocycles. The Morgan fingerprint density at radius 1 is 1.21 bits per heavy atom. The largest absolute Gasteiger partial charge is 0.348 e. The SMILES string of the molecule is CCCN(CCC)S(=O)(=O)c1ccc(C(=O)NC2CCNC2)cc1. The first-order valence-electron chi connectivity index (χ1n) is 8.60. The first kappa shape index (κ1) is 18.9. The van der Waals surface area contributed by atoms with Crippen LogP contribution in [-0.4, -0.2) is 50.9 Å². The van der Waals surface area contributed by atoms with E-state index in [0.717, 1.165) is 32.4 Å². The Kier molecular flexibility index (Phi) is 6.77. The molecule has 1 aromatic carbocycles. The maximum Gasteiger partial charge on any atom is 0.251 e. The highest BCUT2D eigenvalue weighted by Crippen LogP contribution is 2.17. The van der Waals surface area contributed by atoms with Gasteiger partial charge >= 0.3 is 0 Å². The first-order valence-corrected chi connectivity index (χ1v) is 10.0. The predicted octanol–water partition coefficient (Wildman–Crippen LogP) is 1.59. The minimum atomic E-state index is -3.50. The second kappa shape index (κ2) is 8.60. The first-order chi connectivity index (χ1) is 11.5. The van der Waals surface area contributed by atoms with Crippen molar-refractivity contribution in [3.05, 3.63) is 29.8 Å². The van der Waals surface area contributed by atoms with Crippen molar-refractivity contribution in [2.45, 2.75) is 44.0 Å². The Hall–Kier alpha value is -1.44. The molecule has 1 fully saturated rings. The molecule has 0 saturated carbocycles. The number of carbonyl (C=O) groups excluding carboxylic acids is 1. The maximum absolute atomic E-state index is 12.7. The van der Waals surface area contributed by atoms with E-state index in [1.54, 1.807) is 12.1 Å². The third kappa shape index (κ3) is 4.55. The van der Waals surface area contributed by atoms with E-state index in [4.69, 9.17) is 0 Å². The summed E-state index contributed by atoms with van der Waals surface area (Å²) in [7, 11) is -3.50. The Bertz CT molecular complexity index is 632. The molecule has 24 heavy (non-hydrogen) atoms. The Labute approximate surface area is 144 Å². The molecule has 0 aliphatic carbocycles. The smallest absolute Gasteiger partial charge is 0.251 e. The topological polar surface area (TPSA) is 78.5 Å². The molecule has 6 nitrogen and oxygen atoms in total. The summed E-state index contributed by atoms with van der Waals surface area (Å²) in [6, 6.07) is 6.36. The van der Waals surface area contributed by atoms with Crippen molar-refractivity contribution in [1.29, 1.82) is 0 Å². The van der Waals surface area contributed by atoms with E-state index in [-0.39, 0.29) is 16.8 Å². The van der Waals surface area contributed by atoms with Gasteiger partial charge in [-0.15, -0.1) is 0 Å². The van der Waals surface area contributed by atoms with Gasteiger partial charge in [0, 0.05) is 31.2 Å². The molecule has 0 aromatic heterocycles. The van der Waals surface area contributed by atoms with Crippen molar-refractivity contribution in [3.8, 4) is 0 Å². The van der Waals surface area contributed by atoms with Crippen LogP contribution in [0.3, 0.4) is 0 Å². The molecule has 1 saturated heterocycles. The number of benzene rings is 1. The normalized spacial score (nSPS) is 18.0. The molecule has 2 rings (SSSR count). The summed E-state index contributed by atoms with van der Waals surface area (Å²) in [5, 5.41) is 6.15. The molecule has 1 atom stereocenters. The van der Waals surface area contributed by atoms with E-state index < -0.39 is 10.0 Å². The van der Waals surface area contributed by atoms with Crippen molar-refractivity contribution in [3.63, 3.8) is 0 Å². The number of hydrogen-bond donors (Lipinski definition) is 2. The van der Waals surface area contributed by atoms with Gasteiger partial charge in [-0.2, -0.15) is 4.31 Å². The average molecular weight is 353 g/mol. The van der Waals surface area contributed by atoms with Gasteiger partial charge in [0.25, 0.3) is 5.91 Å². The standard InChI is InChI=1S/C17H27N3O3S/c1-3-11-20(12-4-2)24(22,23)16-7-5-14(6-8-16)17(21)19-15-9-10-18-13-15/h5-8,15,18H,3-4,9-13H2,1-2H3,(H,19,21). The van der Waals surface area contributed by atoms with E-state index in [2.05, 4.69) is 10.6 Å².